The Balaban J connectivity index is 0.000000500. The van der Waals surface area contributed by atoms with Crippen LogP contribution in [0.4, 0.5) is 0 Å². The summed E-state index contributed by atoms with van der Waals surface area (Å²) in [6.07, 6.45) is 0. The molecule has 0 unspecified atom stereocenters. The number of rotatable bonds is 0. The first kappa shape index (κ1) is 7.53. The second-order valence-electron chi connectivity index (χ2n) is 2.08. The number of hydrogen-bond donors (Lipinski definition) is 0. The van der Waals surface area contributed by atoms with Gasteiger partial charge in [-0.1, -0.05) is 12.1 Å². The Labute approximate surface area is 72.4 Å². The summed E-state index contributed by atoms with van der Waals surface area (Å²) in [5.74, 6) is 0. The van der Waals surface area contributed by atoms with Crippen molar-refractivity contribution < 1.29 is 18.9 Å². The van der Waals surface area contributed by atoms with Gasteiger partial charge >= 0.3 is 18.9 Å². The van der Waals surface area contributed by atoms with E-state index in [0.29, 0.717) is 0 Å². The summed E-state index contributed by atoms with van der Waals surface area (Å²) < 4.78 is 0. The number of benzene rings is 1. The van der Waals surface area contributed by atoms with Gasteiger partial charge in [-0.2, -0.15) is 12.1 Å². The van der Waals surface area contributed by atoms with Crippen LogP contribution in [0.1, 0.15) is 0 Å². The molecule has 0 atom stereocenters. The van der Waals surface area contributed by atoms with E-state index in [1.165, 1.54) is 10.8 Å². The molecule has 0 radical (unpaired) electrons. The van der Waals surface area contributed by atoms with E-state index in [0.717, 1.165) is 0 Å². The zero-order valence-corrected chi connectivity index (χ0v) is 5.96. The molecular formula is C9H6Li-. The molecule has 0 amide bonds. The molecule has 44 valence electrons. The Morgan fingerprint density at radius 1 is 1.30 bits per heavy atom. The Bertz CT molecular complexity index is 279. The van der Waals surface area contributed by atoms with Gasteiger partial charge in [0.05, 0.1) is 0 Å². The van der Waals surface area contributed by atoms with Gasteiger partial charge in [-0.3, -0.25) is 0 Å². The Morgan fingerprint density at radius 2 is 2.20 bits per heavy atom. The van der Waals surface area contributed by atoms with E-state index in [9.17, 15) is 0 Å². The molecule has 10 heavy (non-hydrogen) atoms. The second-order valence-corrected chi connectivity index (χ2v) is 2.08. The van der Waals surface area contributed by atoms with Gasteiger partial charge in [0.15, 0.2) is 0 Å². The summed E-state index contributed by atoms with van der Waals surface area (Å²) in [6.45, 7) is 0. The van der Waals surface area contributed by atoms with Gasteiger partial charge in [-0.25, -0.2) is 0 Å². The molecule has 2 aromatic carbocycles. The molecule has 0 nitrogen and oxygen atoms in total. The van der Waals surface area contributed by atoms with Crippen LogP contribution in [-0.2, 0) is 0 Å². The third kappa shape index (κ3) is 1.14. The number of fused-ring (bicyclic) bond motifs is 1. The largest absolute Gasteiger partial charge is 1.00 e. The summed E-state index contributed by atoms with van der Waals surface area (Å²) in [4.78, 5) is 0. The van der Waals surface area contributed by atoms with Crippen LogP contribution < -0.4 is 18.9 Å². The summed E-state index contributed by atoms with van der Waals surface area (Å²) >= 11 is 0. The van der Waals surface area contributed by atoms with E-state index in [2.05, 4.69) is 18.2 Å². The van der Waals surface area contributed by atoms with Crippen LogP contribution in [0.2, 0.25) is 0 Å². The molecule has 0 aliphatic rings. The molecule has 0 fully saturated rings. The smallest absolute Gasteiger partial charge is 0.360 e. The van der Waals surface area contributed by atoms with Crippen molar-refractivity contribution in [3.05, 3.63) is 42.5 Å². The molecule has 0 heterocycles. The van der Waals surface area contributed by atoms with Crippen molar-refractivity contribution in [3.63, 3.8) is 0 Å². The van der Waals surface area contributed by atoms with Gasteiger partial charge in [0, 0.05) is 0 Å². The quantitative estimate of drug-likeness (QED) is 0.321. The van der Waals surface area contributed by atoms with E-state index in [4.69, 9.17) is 0 Å². The Hall–Kier alpha value is -0.573. The van der Waals surface area contributed by atoms with E-state index >= 15 is 0 Å². The molecule has 2 rings (SSSR count). The third-order valence-electron chi connectivity index (χ3n) is 1.47. The van der Waals surface area contributed by atoms with Crippen molar-refractivity contribution in [2.75, 3.05) is 0 Å². The molecule has 0 bridgehead atoms. The van der Waals surface area contributed by atoms with Gasteiger partial charge in [0.2, 0.25) is 0 Å². The summed E-state index contributed by atoms with van der Waals surface area (Å²) in [5.41, 5.74) is 0. The van der Waals surface area contributed by atoms with Gasteiger partial charge in [0.1, 0.15) is 0 Å². The fraction of sp³-hybridized carbons (Fsp3) is 0. The molecular weight excluding hydrogens is 115 g/mol. The third-order valence-corrected chi connectivity index (χ3v) is 1.47. The molecule has 0 saturated carbocycles. The molecule has 0 spiro atoms. The standard InChI is InChI=1S/C9H6.Li/c1-2-5-9-7-3-6-8(9)4-1;/h1-2,4-7H;/q-2;+1. The molecule has 0 aromatic heterocycles. The topological polar surface area (TPSA) is 0 Å². The van der Waals surface area contributed by atoms with Gasteiger partial charge in [-0.05, 0) is 0 Å². The van der Waals surface area contributed by atoms with Crippen molar-refractivity contribution in [1.29, 1.82) is 0 Å². The number of hydrogen-bond acceptors (Lipinski definition) is 0. The first-order valence-corrected chi connectivity index (χ1v) is 2.98. The monoisotopic (exact) mass is 121 g/mol. The van der Waals surface area contributed by atoms with Gasteiger partial charge in [-0.15, -0.1) is 0 Å². The fourth-order valence-electron chi connectivity index (χ4n) is 0.995. The summed E-state index contributed by atoms with van der Waals surface area (Å²) in [6, 6.07) is 15.3. The minimum Gasteiger partial charge on any atom is -0.360 e. The molecule has 0 saturated heterocycles. The van der Waals surface area contributed by atoms with Crippen LogP contribution in [0.5, 0.6) is 0 Å². The Kier molecular flexibility index (Phi) is 2.27. The van der Waals surface area contributed by atoms with Crippen molar-refractivity contribution in [1.82, 2.24) is 0 Å². The molecule has 0 aliphatic carbocycles. The Morgan fingerprint density at radius 3 is 3.00 bits per heavy atom. The van der Waals surface area contributed by atoms with Gasteiger partial charge in [0.25, 0.3) is 0 Å². The minimum absolute atomic E-state index is 0. The van der Waals surface area contributed by atoms with E-state index in [-0.39, 0.29) is 18.9 Å². The van der Waals surface area contributed by atoms with Crippen molar-refractivity contribution >= 4 is 10.8 Å². The fourth-order valence-corrected chi connectivity index (χ4v) is 0.995. The predicted molar refractivity (Wildman–Crippen MR) is 38.4 cm³/mol. The van der Waals surface area contributed by atoms with Crippen molar-refractivity contribution in [2.24, 2.45) is 0 Å². The van der Waals surface area contributed by atoms with Crippen LogP contribution in [0.15, 0.2) is 36.4 Å². The molecule has 2 aromatic rings. The average molecular weight is 121 g/mol. The van der Waals surface area contributed by atoms with Crippen molar-refractivity contribution in [3.8, 4) is 0 Å². The van der Waals surface area contributed by atoms with E-state index < -0.39 is 0 Å². The van der Waals surface area contributed by atoms with Crippen LogP contribution in [0.25, 0.3) is 10.8 Å². The normalized spacial score (nSPS) is 9.20. The first-order valence-electron chi connectivity index (χ1n) is 2.98. The van der Waals surface area contributed by atoms with Crippen molar-refractivity contribution in [2.45, 2.75) is 0 Å². The van der Waals surface area contributed by atoms with Crippen LogP contribution >= 0.6 is 0 Å². The average Bonchev–Trinajstić information content (AvgIpc) is 2.33. The minimum atomic E-state index is 0. The first-order chi connectivity index (χ1) is 4.47. The SMILES string of the molecule is [Li+].[c-]1cc2cccc[c-]2c1. The molecule has 0 N–H and O–H groups in total. The maximum atomic E-state index is 3.04. The summed E-state index contributed by atoms with van der Waals surface area (Å²) in [5, 5.41) is 2.55. The second kappa shape index (κ2) is 3.01. The maximum Gasteiger partial charge on any atom is 1.00 e. The zero-order chi connectivity index (χ0) is 6.10. The molecule has 1 heteroatoms. The van der Waals surface area contributed by atoms with E-state index in [1.807, 2.05) is 24.3 Å². The van der Waals surface area contributed by atoms with Crippen LogP contribution in [0.3, 0.4) is 0 Å². The predicted octanol–water partition coefficient (Wildman–Crippen LogP) is -0.637. The maximum absolute atomic E-state index is 3.04. The molecule has 0 aliphatic heterocycles. The zero-order valence-electron chi connectivity index (χ0n) is 5.96. The summed E-state index contributed by atoms with van der Waals surface area (Å²) in [7, 11) is 0. The van der Waals surface area contributed by atoms with Crippen LogP contribution in [-0.4, -0.2) is 0 Å². The van der Waals surface area contributed by atoms with Crippen LogP contribution in [0, 0.1) is 6.07 Å². The van der Waals surface area contributed by atoms with E-state index in [1.54, 1.807) is 0 Å². The van der Waals surface area contributed by atoms with Gasteiger partial charge < -0.3 is 29.0 Å².